The molecule has 2 N–H and O–H groups in total. The molecule has 0 radical (unpaired) electrons. The van der Waals surface area contributed by atoms with Crippen molar-refractivity contribution in [1.29, 1.82) is 0 Å². The highest BCUT2D eigenvalue weighted by Gasteiger charge is 2.17. The van der Waals surface area contributed by atoms with Gasteiger partial charge in [0.15, 0.2) is 0 Å². The Bertz CT molecular complexity index is 537. The van der Waals surface area contributed by atoms with Crippen LogP contribution in [0.25, 0.3) is 0 Å². The minimum absolute atomic E-state index is 0.00223. The Morgan fingerprint density at radius 3 is 2.79 bits per heavy atom. The zero-order valence-corrected chi connectivity index (χ0v) is 12.0. The number of thiophene rings is 1. The number of amides is 1. The first kappa shape index (κ1) is 13.8. The van der Waals surface area contributed by atoms with Crippen LogP contribution in [0.15, 0.2) is 41.8 Å². The second-order valence-corrected chi connectivity index (χ2v) is 5.44. The van der Waals surface area contributed by atoms with Gasteiger partial charge in [-0.3, -0.25) is 4.79 Å². The lowest BCUT2D eigenvalue weighted by Gasteiger charge is -2.18. The molecule has 3 nitrogen and oxygen atoms in total. The van der Waals surface area contributed by atoms with Crippen molar-refractivity contribution in [2.75, 3.05) is 13.6 Å². The van der Waals surface area contributed by atoms with Gasteiger partial charge < -0.3 is 10.6 Å². The minimum atomic E-state index is -0.0688. The molecule has 0 bridgehead atoms. The SMILES string of the molecule is CNCC(=O)NC(c1cccc(C)c1)c1cccs1. The molecule has 2 rings (SSSR count). The van der Waals surface area contributed by atoms with Crippen LogP contribution >= 0.6 is 11.3 Å². The van der Waals surface area contributed by atoms with Gasteiger partial charge in [0, 0.05) is 4.88 Å². The molecular weight excluding hydrogens is 256 g/mol. The summed E-state index contributed by atoms with van der Waals surface area (Å²) in [5, 5.41) is 7.98. The Kier molecular flexibility index (Phi) is 4.71. The maximum Gasteiger partial charge on any atom is 0.234 e. The van der Waals surface area contributed by atoms with Gasteiger partial charge in [-0.05, 0) is 31.0 Å². The summed E-state index contributed by atoms with van der Waals surface area (Å²) < 4.78 is 0. The van der Waals surface area contributed by atoms with Gasteiger partial charge in [-0.2, -0.15) is 0 Å². The predicted octanol–water partition coefficient (Wildman–Crippen LogP) is 2.48. The van der Waals surface area contributed by atoms with E-state index in [0.29, 0.717) is 6.54 Å². The number of rotatable bonds is 5. The third-order valence-electron chi connectivity index (χ3n) is 2.85. The highest BCUT2D eigenvalue weighted by Crippen LogP contribution is 2.26. The summed E-state index contributed by atoms with van der Waals surface area (Å²) in [6, 6.07) is 12.2. The minimum Gasteiger partial charge on any atom is -0.343 e. The number of hydrogen-bond acceptors (Lipinski definition) is 3. The summed E-state index contributed by atoms with van der Waals surface area (Å²) in [6.07, 6.45) is 0. The van der Waals surface area contributed by atoms with E-state index in [0.717, 1.165) is 10.4 Å². The first-order valence-electron chi connectivity index (χ1n) is 6.24. The average Bonchev–Trinajstić information content (AvgIpc) is 2.90. The fourth-order valence-electron chi connectivity index (χ4n) is 2.00. The molecule has 0 spiro atoms. The van der Waals surface area contributed by atoms with Crippen LogP contribution in [-0.2, 0) is 4.79 Å². The van der Waals surface area contributed by atoms with Crippen LogP contribution in [-0.4, -0.2) is 19.5 Å². The largest absolute Gasteiger partial charge is 0.343 e. The zero-order chi connectivity index (χ0) is 13.7. The highest BCUT2D eigenvalue weighted by molar-refractivity contribution is 7.10. The van der Waals surface area contributed by atoms with Crippen molar-refractivity contribution < 1.29 is 4.79 Å². The van der Waals surface area contributed by atoms with Crippen LogP contribution in [0.2, 0.25) is 0 Å². The van der Waals surface area contributed by atoms with E-state index in [9.17, 15) is 4.79 Å². The lowest BCUT2D eigenvalue weighted by atomic mass is 10.0. The molecule has 1 heterocycles. The van der Waals surface area contributed by atoms with Gasteiger partial charge in [0.05, 0.1) is 12.6 Å². The van der Waals surface area contributed by atoms with E-state index in [1.54, 1.807) is 18.4 Å². The van der Waals surface area contributed by atoms with E-state index in [-0.39, 0.29) is 11.9 Å². The summed E-state index contributed by atoms with van der Waals surface area (Å²) in [5.74, 6) is 0.00223. The van der Waals surface area contributed by atoms with Crippen molar-refractivity contribution in [1.82, 2.24) is 10.6 Å². The molecule has 0 fully saturated rings. The van der Waals surface area contributed by atoms with Gasteiger partial charge in [0.25, 0.3) is 0 Å². The molecule has 1 aromatic heterocycles. The van der Waals surface area contributed by atoms with E-state index in [1.807, 2.05) is 17.5 Å². The summed E-state index contributed by atoms with van der Waals surface area (Å²) in [4.78, 5) is 13.0. The number of benzene rings is 1. The molecule has 1 atom stereocenters. The topological polar surface area (TPSA) is 41.1 Å². The molecule has 0 aliphatic rings. The Labute approximate surface area is 117 Å². The quantitative estimate of drug-likeness (QED) is 0.879. The number of nitrogens with one attached hydrogen (secondary N) is 2. The van der Waals surface area contributed by atoms with Crippen molar-refractivity contribution in [2.45, 2.75) is 13.0 Å². The predicted molar refractivity (Wildman–Crippen MR) is 79.4 cm³/mol. The monoisotopic (exact) mass is 274 g/mol. The van der Waals surface area contributed by atoms with Crippen LogP contribution in [0.5, 0.6) is 0 Å². The van der Waals surface area contributed by atoms with Crippen LogP contribution in [0.1, 0.15) is 22.0 Å². The van der Waals surface area contributed by atoms with E-state index in [4.69, 9.17) is 0 Å². The molecular formula is C15H18N2OS. The molecule has 19 heavy (non-hydrogen) atoms. The average molecular weight is 274 g/mol. The van der Waals surface area contributed by atoms with E-state index in [2.05, 4.69) is 41.8 Å². The first-order chi connectivity index (χ1) is 9.20. The summed E-state index contributed by atoms with van der Waals surface area (Å²) in [6.45, 7) is 2.39. The number of carbonyl (C=O) groups excluding carboxylic acids is 1. The summed E-state index contributed by atoms with van der Waals surface area (Å²) in [5.41, 5.74) is 2.31. The first-order valence-corrected chi connectivity index (χ1v) is 7.12. The molecule has 0 aliphatic carbocycles. The van der Waals surface area contributed by atoms with Gasteiger partial charge in [-0.1, -0.05) is 35.9 Å². The Hall–Kier alpha value is -1.65. The lowest BCUT2D eigenvalue weighted by molar-refractivity contribution is -0.120. The van der Waals surface area contributed by atoms with Gasteiger partial charge in [0.2, 0.25) is 5.91 Å². The normalized spacial score (nSPS) is 12.1. The molecule has 1 unspecified atom stereocenters. The summed E-state index contributed by atoms with van der Waals surface area (Å²) in [7, 11) is 1.77. The second-order valence-electron chi connectivity index (χ2n) is 4.46. The molecule has 2 aromatic rings. The van der Waals surface area contributed by atoms with Crippen LogP contribution < -0.4 is 10.6 Å². The standard InChI is InChI=1S/C15H18N2OS/c1-11-5-3-6-12(9-11)15(13-7-4-8-19-13)17-14(18)10-16-2/h3-9,15-16H,10H2,1-2H3,(H,17,18). The van der Waals surface area contributed by atoms with Gasteiger partial charge >= 0.3 is 0 Å². The van der Waals surface area contributed by atoms with E-state index < -0.39 is 0 Å². The fourth-order valence-corrected chi connectivity index (χ4v) is 2.80. The molecule has 1 aromatic carbocycles. The van der Waals surface area contributed by atoms with Crippen molar-refractivity contribution in [2.24, 2.45) is 0 Å². The van der Waals surface area contributed by atoms with Gasteiger partial charge in [-0.15, -0.1) is 11.3 Å². The third kappa shape index (κ3) is 3.66. The van der Waals surface area contributed by atoms with Crippen LogP contribution in [0.4, 0.5) is 0 Å². The second kappa shape index (κ2) is 6.50. The fraction of sp³-hybridized carbons (Fsp3) is 0.267. The summed E-state index contributed by atoms with van der Waals surface area (Å²) >= 11 is 1.66. The maximum absolute atomic E-state index is 11.8. The number of likely N-dealkylation sites (N-methyl/N-ethyl adjacent to an activating group) is 1. The van der Waals surface area contributed by atoms with Crippen LogP contribution in [0, 0.1) is 6.92 Å². The van der Waals surface area contributed by atoms with Crippen molar-refractivity contribution in [3.63, 3.8) is 0 Å². The van der Waals surface area contributed by atoms with Crippen molar-refractivity contribution >= 4 is 17.2 Å². The molecule has 1 amide bonds. The smallest absolute Gasteiger partial charge is 0.234 e. The third-order valence-corrected chi connectivity index (χ3v) is 3.78. The zero-order valence-electron chi connectivity index (χ0n) is 11.1. The maximum atomic E-state index is 11.8. The van der Waals surface area contributed by atoms with Crippen molar-refractivity contribution in [3.05, 3.63) is 57.8 Å². The van der Waals surface area contributed by atoms with Gasteiger partial charge in [-0.25, -0.2) is 0 Å². The van der Waals surface area contributed by atoms with Crippen molar-refractivity contribution in [3.8, 4) is 0 Å². The Morgan fingerprint density at radius 1 is 1.32 bits per heavy atom. The molecule has 4 heteroatoms. The molecule has 0 saturated carbocycles. The molecule has 0 aliphatic heterocycles. The molecule has 0 saturated heterocycles. The Balaban J connectivity index is 2.27. The number of aryl methyl sites for hydroxylation is 1. The van der Waals surface area contributed by atoms with E-state index >= 15 is 0 Å². The Morgan fingerprint density at radius 2 is 2.16 bits per heavy atom. The number of carbonyl (C=O) groups is 1. The van der Waals surface area contributed by atoms with E-state index in [1.165, 1.54) is 5.56 Å². The van der Waals surface area contributed by atoms with Crippen LogP contribution in [0.3, 0.4) is 0 Å². The van der Waals surface area contributed by atoms with Gasteiger partial charge in [0.1, 0.15) is 0 Å². The molecule has 100 valence electrons. The highest BCUT2D eigenvalue weighted by atomic mass is 32.1. The lowest BCUT2D eigenvalue weighted by Crippen LogP contribution is -2.35. The number of hydrogen-bond donors (Lipinski definition) is 2.